The molecule has 1 fully saturated rings. The number of nitrogen functional groups attached to an aromatic ring is 1. The lowest BCUT2D eigenvalue weighted by atomic mass is 9.71. The zero-order valence-corrected chi connectivity index (χ0v) is 10.6. The van der Waals surface area contributed by atoms with E-state index in [1.54, 1.807) is 0 Å². The van der Waals surface area contributed by atoms with E-state index in [1.165, 1.54) is 0 Å². The number of anilines is 1. The Bertz CT molecular complexity index is 429. The summed E-state index contributed by atoms with van der Waals surface area (Å²) in [7, 11) is 0. The largest absolute Gasteiger partial charge is 0.481 e. The van der Waals surface area contributed by atoms with E-state index in [9.17, 15) is 9.90 Å². The van der Waals surface area contributed by atoms with Crippen LogP contribution in [0.5, 0.6) is 0 Å². The van der Waals surface area contributed by atoms with Gasteiger partial charge in [-0.3, -0.25) is 4.79 Å². The van der Waals surface area contributed by atoms with E-state index in [2.05, 4.69) is 0 Å². The van der Waals surface area contributed by atoms with Gasteiger partial charge in [-0.25, -0.2) is 0 Å². The maximum atomic E-state index is 11.2. The average molecular weight is 249 g/mol. The van der Waals surface area contributed by atoms with Gasteiger partial charge in [-0.05, 0) is 30.5 Å². The first kappa shape index (κ1) is 12.9. The zero-order chi connectivity index (χ0) is 13.2. The number of hydrogen-bond acceptors (Lipinski definition) is 3. The second-order valence-corrected chi connectivity index (χ2v) is 4.87. The summed E-state index contributed by atoms with van der Waals surface area (Å²) in [6.07, 6.45) is 1.65. The van der Waals surface area contributed by atoms with Crippen LogP contribution in [0.2, 0.25) is 0 Å². The highest BCUT2D eigenvalue weighted by molar-refractivity contribution is 5.69. The SMILES string of the molecule is CCC1OCCC1(CC(=O)O)c1ccc(N)cc1. The van der Waals surface area contributed by atoms with E-state index in [1.807, 2.05) is 31.2 Å². The molecule has 2 atom stereocenters. The fourth-order valence-electron chi connectivity index (χ4n) is 2.93. The molecule has 0 saturated carbocycles. The van der Waals surface area contributed by atoms with E-state index in [0.29, 0.717) is 12.3 Å². The lowest BCUT2D eigenvalue weighted by Gasteiger charge is -2.33. The van der Waals surface area contributed by atoms with Gasteiger partial charge in [0.15, 0.2) is 0 Å². The predicted octanol–water partition coefficient (Wildman–Crippen LogP) is 2.18. The number of benzene rings is 1. The summed E-state index contributed by atoms with van der Waals surface area (Å²) in [6, 6.07) is 7.50. The van der Waals surface area contributed by atoms with Gasteiger partial charge in [-0.1, -0.05) is 19.1 Å². The maximum absolute atomic E-state index is 11.2. The second-order valence-electron chi connectivity index (χ2n) is 4.87. The zero-order valence-electron chi connectivity index (χ0n) is 10.6. The molecule has 2 unspecified atom stereocenters. The van der Waals surface area contributed by atoms with Gasteiger partial charge >= 0.3 is 5.97 Å². The van der Waals surface area contributed by atoms with Crippen LogP contribution in [-0.4, -0.2) is 23.8 Å². The molecule has 1 aromatic rings. The van der Waals surface area contributed by atoms with Gasteiger partial charge < -0.3 is 15.6 Å². The van der Waals surface area contributed by atoms with E-state index in [4.69, 9.17) is 10.5 Å². The Morgan fingerprint density at radius 3 is 2.72 bits per heavy atom. The van der Waals surface area contributed by atoms with E-state index in [-0.39, 0.29) is 12.5 Å². The molecule has 0 aromatic heterocycles. The Kier molecular flexibility index (Phi) is 3.57. The molecule has 2 rings (SSSR count). The van der Waals surface area contributed by atoms with Crippen LogP contribution in [0.15, 0.2) is 24.3 Å². The molecule has 1 saturated heterocycles. The number of nitrogens with two attached hydrogens (primary N) is 1. The molecule has 0 amide bonds. The molecule has 98 valence electrons. The van der Waals surface area contributed by atoms with Crippen LogP contribution in [0, 0.1) is 0 Å². The van der Waals surface area contributed by atoms with E-state index >= 15 is 0 Å². The fourth-order valence-corrected chi connectivity index (χ4v) is 2.93. The molecule has 0 spiro atoms. The molecule has 0 aliphatic carbocycles. The van der Waals surface area contributed by atoms with Crippen LogP contribution < -0.4 is 5.73 Å². The molecular weight excluding hydrogens is 230 g/mol. The summed E-state index contributed by atoms with van der Waals surface area (Å²) in [6.45, 7) is 2.65. The number of hydrogen-bond donors (Lipinski definition) is 2. The molecular formula is C14H19NO3. The van der Waals surface area contributed by atoms with Crippen LogP contribution >= 0.6 is 0 Å². The van der Waals surface area contributed by atoms with Gasteiger partial charge in [0.25, 0.3) is 0 Å². The molecule has 1 aliphatic heterocycles. The van der Waals surface area contributed by atoms with Gasteiger partial charge in [-0.15, -0.1) is 0 Å². The Labute approximate surface area is 107 Å². The monoisotopic (exact) mass is 249 g/mol. The highest BCUT2D eigenvalue weighted by Gasteiger charge is 2.46. The van der Waals surface area contributed by atoms with Crippen molar-refractivity contribution < 1.29 is 14.6 Å². The van der Waals surface area contributed by atoms with Crippen molar-refractivity contribution in [2.45, 2.75) is 37.7 Å². The van der Waals surface area contributed by atoms with Crippen LogP contribution in [0.1, 0.15) is 31.7 Å². The molecule has 1 heterocycles. The van der Waals surface area contributed by atoms with Gasteiger partial charge in [0.2, 0.25) is 0 Å². The summed E-state index contributed by atoms with van der Waals surface area (Å²) in [5.74, 6) is -0.782. The van der Waals surface area contributed by atoms with Crippen molar-refractivity contribution in [3.8, 4) is 0 Å². The third-order valence-corrected chi connectivity index (χ3v) is 3.81. The standard InChI is InChI=1S/C14H19NO3/c1-2-12-14(7-8-18-12,9-13(16)17)10-3-5-11(15)6-4-10/h3-6,12H,2,7-9,15H2,1H3,(H,16,17). The van der Waals surface area contributed by atoms with Gasteiger partial charge in [0.05, 0.1) is 12.5 Å². The second kappa shape index (κ2) is 4.98. The molecule has 0 radical (unpaired) electrons. The van der Waals surface area contributed by atoms with E-state index < -0.39 is 11.4 Å². The summed E-state index contributed by atoms with van der Waals surface area (Å²) in [5.41, 5.74) is 6.99. The third-order valence-electron chi connectivity index (χ3n) is 3.81. The normalized spacial score (nSPS) is 27.3. The number of carboxylic acid groups (broad SMARTS) is 1. The highest BCUT2D eigenvalue weighted by atomic mass is 16.5. The first-order valence-corrected chi connectivity index (χ1v) is 6.28. The summed E-state index contributed by atoms with van der Waals surface area (Å²) in [5, 5.41) is 9.19. The average Bonchev–Trinajstić information content (AvgIpc) is 2.73. The quantitative estimate of drug-likeness (QED) is 0.802. The van der Waals surface area contributed by atoms with Crippen molar-refractivity contribution in [2.75, 3.05) is 12.3 Å². The number of aliphatic carboxylic acids is 1. The minimum absolute atomic E-state index is 0.0303. The smallest absolute Gasteiger partial charge is 0.304 e. The van der Waals surface area contributed by atoms with E-state index in [0.717, 1.165) is 18.4 Å². The molecule has 1 aliphatic rings. The van der Waals surface area contributed by atoms with Crippen molar-refractivity contribution in [1.82, 2.24) is 0 Å². The number of rotatable bonds is 4. The van der Waals surface area contributed by atoms with Crippen molar-refractivity contribution in [3.05, 3.63) is 29.8 Å². The maximum Gasteiger partial charge on any atom is 0.304 e. The molecule has 18 heavy (non-hydrogen) atoms. The Hall–Kier alpha value is -1.55. The van der Waals surface area contributed by atoms with Crippen LogP contribution in [0.4, 0.5) is 5.69 Å². The van der Waals surface area contributed by atoms with Crippen molar-refractivity contribution in [2.24, 2.45) is 0 Å². The number of ether oxygens (including phenoxy) is 1. The van der Waals surface area contributed by atoms with Gasteiger partial charge in [-0.2, -0.15) is 0 Å². The lowest BCUT2D eigenvalue weighted by Crippen LogP contribution is -2.37. The van der Waals surface area contributed by atoms with Crippen LogP contribution in [-0.2, 0) is 14.9 Å². The molecule has 4 heteroatoms. The minimum atomic E-state index is -0.782. The summed E-state index contributed by atoms with van der Waals surface area (Å²) in [4.78, 5) is 11.2. The third kappa shape index (κ3) is 2.20. The molecule has 0 bridgehead atoms. The first-order valence-electron chi connectivity index (χ1n) is 6.28. The topological polar surface area (TPSA) is 72.5 Å². The highest BCUT2D eigenvalue weighted by Crippen LogP contribution is 2.43. The predicted molar refractivity (Wildman–Crippen MR) is 69.4 cm³/mol. The number of carbonyl (C=O) groups is 1. The Morgan fingerprint density at radius 1 is 1.50 bits per heavy atom. The lowest BCUT2D eigenvalue weighted by molar-refractivity contribution is -0.139. The molecule has 3 N–H and O–H groups in total. The van der Waals surface area contributed by atoms with Crippen LogP contribution in [0.25, 0.3) is 0 Å². The molecule has 4 nitrogen and oxygen atoms in total. The Balaban J connectivity index is 2.41. The fraction of sp³-hybridized carbons (Fsp3) is 0.500. The minimum Gasteiger partial charge on any atom is -0.481 e. The van der Waals surface area contributed by atoms with Crippen molar-refractivity contribution >= 4 is 11.7 Å². The first-order chi connectivity index (χ1) is 8.58. The van der Waals surface area contributed by atoms with Crippen molar-refractivity contribution in [3.63, 3.8) is 0 Å². The number of carboxylic acids is 1. The summed E-state index contributed by atoms with van der Waals surface area (Å²) < 4.78 is 5.71. The summed E-state index contributed by atoms with van der Waals surface area (Å²) >= 11 is 0. The molecule has 1 aromatic carbocycles. The van der Waals surface area contributed by atoms with Gasteiger partial charge in [0, 0.05) is 17.7 Å². The van der Waals surface area contributed by atoms with Crippen LogP contribution in [0.3, 0.4) is 0 Å². The van der Waals surface area contributed by atoms with Crippen molar-refractivity contribution in [1.29, 1.82) is 0 Å². The van der Waals surface area contributed by atoms with Gasteiger partial charge in [0.1, 0.15) is 0 Å². The Morgan fingerprint density at radius 2 is 2.17 bits per heavy atom.